The average molecular weight is 369 g/mol. The van der Waals surface area contributed by atoms with Crippen LogP contribution in [0.25, 0.3) is 10.9 Å². The second-order valence-corrected chi connectivity index (χ2v) is 7.69. The molecule has 4 heteroatoms. The van der Waals surface area contributed by atoms with Gasteiger partial charge in [-0.15, -0.1) is 0 Å². The van der Waals surface area contributed by atoms with Gasteiger partial charge in [-0.2, -0.15) is 0 Å². The number of fused-ring (bicyclic) bond motifs is 3. The molecule has 0 aliphatic heterocycles. The summed E-state index contributed by atoms with van der Waals surface area (Å²) in [5.41, 5.74) is 6.59. The molecule has 0 bridgehead atoms. The predicted octanol–water partition coefficient (Wildman–Crippen LogP) is 4.71. The van der Waals surface area contributed by atoms with E-state index in [1.54, 1.807) is 6.33 Å². The number of nitrogens with one attached hydrogen (secondary N) is 1. The van der Waals surface area contributed by atoms with Crippen molar-refractivity contribution in [2.45, 2.75) is 32.7 Å². The number of aromatic amines is 1. The number of carbonyl (C=O) groups is 1. The van der Waals surface area contributed by atoms with E-state index in [9.17, 15) is 4.79 Å². The molecule has 4 nitrogen and oxygen atoms in total. The number of H-pyrrole nitrogens is 1. The van der Waals surface area contributed by atoms with Gasteiger partial charge in [0.1, 0.15) is 0 Å². The summed E-state index contributed by atoms with van der Waals surface area (Å²) in [5.74, 6) is 0.275. The highest BCUT2D eigenvalue weighted by Crippen LogP contribution is 2.36. The van der Waals surface area contributed by atoms with Crippen molar-refractivity contribution in [2.24, 2.45) is 5.92 Å². The quantitative estimate of drug-likeness (QED) is 0.566. The van der Waals surface area contributed by atoms with Crippen molar-refractivity contribution >= 4 is 16.7 Å². The molecule has 2 aromatic carbocycles. The van der Waals surface area contributed by atoms with Gasteiger partial charge >= 0.3 is 0 Å². The van der Waals surface area contributed by atoms with E-state index in [4.69, 9.17) is 0 Å². The van der Waals surface area contributed by atoms with Gasteiger partial charge in [0.25, 0.3) is 0 Å². The van der Waals surface area contributed by atoms with Crippen molar-refractivity contribution in [1.29, 1.82) is 0 Å². The summed E-state index contributed by atoms with van der Waals surface area (Å²) in [6.07, 6.45) is 4.24. The van der Waals surface area contributed by atoms with Gasteiger partial charge in [0.2, 0.25) is 0 Å². The topological polar surface area (TPSA) is 50.7 Å². The molecule has 2 aromatic heterocycles. The van der Waals surface area contributed by atoms with Crippen molar-refractivity contribution in [3.63, 3.8) is 0 Å². The number of imidazole rings is 1. The summed E-state index contributed by atoms with van der Waals surface area (Å²) in [6, 6.07) is 18.8. The molecule has 1 atom stereocenters. The first kappa shape index (κ1) is 17.0. The number of ketones is 1. The maximum absolute atomic E-state index is 13.5. The third-order valence-electron chi connectivity index (χ3n) is 5.98. The molecule has 0 saturated heterocycles. The number of rotatable bonds is 4. The summed E-state index contributed by atoms with van der Waals surface area (Å²) in [6.45, 7) is 2.82. The summed E-state index contributed by atoms with van der Waals surface area (Å²) < 4.78 is 2.34. The van der Waals surface area contributed by atoms with Crippen LogP contribution in [0.4, 0.5) is 0 Å². The van der Waals surface area contributed by atoms with Crippen molar-refractivity contribution in [3.8, 4) is 0 Å². The molecule has 0 amide bonds. The number of Topliss-reactive ketones (excluding diaryl/α,β-unsaturated/α-hetero) is 1. The van der Waals surface area contributed by atoms with Crippen molar-refractivity contribution in [1.82, 2.24) is 14.5 Å². The van der Waals surface area contributed by atoms with Crippen LogP contribution < -0.4 is 0 Å². The first-order chi connectivity index (χ1) is 13.7. The van der Waals surface area contributed by atoms with Crippen LogP contribution in [0.2, 0.25) is 0 Å². The maximum Gasteiger partial charge on any atom is 0.168 e. The van der Waals surface area contributed by atoms with E-state index in [-0.39, 0.29) is 11.7 Å². The Morgan fingerprint density at radius 2 is 1.89 bits per heavy atom. The Kier molecular flexibility index (Phi) is 4.12. The Balaban J connectivity index is 1.57. The number of nitrogens with zero attached hydrogens (tertiary/aromatic N) is 2. The van der Waals surface area contributed by atoms with E-state index in [2.05, 4.69) is 57.0 Å². The normalized spacial score (nSPS) is 16.5. The van der Waals surface area contributed by atoms with E-state index in [0.717, 1.165) is 47.2 Å². The highest BCUT2D eigenvalue weighted by atomic mass is 16.1. The number of hydrogen-bond acceptors (Lipinski definition) is 2. The minimum absolute atomic E-state index is 0.00508. The van der Waals surface area contributed by atoms with Crippen molar-refractivity contribution in [3.05, 3.63) is 89.1 Å². The first-order valence-corrected chi connectivity index (χ1v) is 9.89. The first-order valence-electron chi connectivity index (χ1n) is 9.89. The molecule has 28 heavy (non-hydrogen) atoms. The molecule has 4 aromatic rings. The highest BCUT2D eigenvalue weighted by Gasteiger charge is 2.33. The summed E-state index contributed by atoms with van der Waals surface area (Å²) >= 11 is 0. The van der Waals surface area contributed by atoms with Crippen molar-refractivity contribution in [2.75, 3.05) is 0 Å². The van der Waals surface area contributed by atoms with Crippen LogP contribution in [0.15, 0.2) is 60.9 Å². The number of hydrogen-bond donors (Lipinski definition) is 1. The van der Waals surface area contributed by atoms with E-state index in [0.29, 0.717) is 6.42 Å². The lowest BCUT2D eigenvalue weighted by Crippen LogP contribution is -2.25. The fourth-order valence-corrected chi connectivity index (χ4v) is 4.50. The van der Waals surface area contributed by atoms with Gasteiger partial charge in [0.05, 0.1) is 12.0 Å². The van der Waals surface area contributed by atoms with E-state index in [1.807, 2.05) is 19.1 Å². The van der Waals surface area contributed by atoms with Crippen LogP contribution in [-0.2, 0) is 19.4 Å². The number of benzene rings is 2. The average Bonchev–Trinajstić information content (AvgIpc) is 3.27. The minimum Gasteiger partial charge on any atom is -0.348 e. The molecule has 1 aliphatic carbocycles. The largest absolute Gasteiger partial charge is 0.348 e. The zero-order chi connectivity index (χ0) is 19.1. The third kappa shape index (κ3) is 2.76. The third-order valence-corrected chi connectivity index (χ3v) is 5.98. The molecule has 0 saturated carbocycles. The van der Waals surface area contributed by atoms with Crippen LogP contribution in [0.3, 0.4) is 0 Å². The Hall–Kier alpha value is -3.14. The lowest BCUT2D eigenvalue weighted by atomic mass is 9.82. The summed E-state index contributed by atoms with van der Waals surface area (Å²) in [4.78, 5) is 21.0. The number of aromatic nitrogens is 3. The zero-order valence-electron chi connectivity index (χ0n) is 16.0. The van der Waals surface area contributed by atoms with Crippen LogP contribution in [0.5, 0.6) is 0 Å². The van der Waals surface area contributed by atoms with Gasteiger partial charge in [0, 0.05) is 46.7 Å². The second-order valence-electron chi connectivity index (χ2n) is 7.69. The lowest BCUT2D eigenvalue weighted by Gasteiger charge is -2.22. The van der Waals surface area contributed by atoms with Gasteiger partial charge in [-0.1, -0.05) is 48.5 Å². The molecule has 1 unspecified atom stereocenters. The van der Waals surface area contributed by atoms with Gasteiger partial charge in [-0.25, -0.2) is 4.98 Å². The lowest BCUT2D eigenvalue weighted by molar-refractivity contribution is 0.0901. The zero-order valence-corrected chi connectivity index (χ0v) is 16.0. The summed E-state index contributed by atoms with van der Waals surface area (Å²) in [5, 5.41) is 1.09. The van der Waals surface area contributed by atoms with Gasteiger partial charge in [-0.05, 0) is 31.4 Å². The highest BCUT2D eigenvalue weighted by molar-refractivity contribution is 6.11. The molecule has 1 N–H and O–H groups in total. The Bertz CT molecular complexity index is 1150. The van der Waals surface area contributed by atoms with E-state index < -0.39 is 0 Å². The molecule has 0 fully saturated rings. The van der Waals surface area contributed by atoms with Crippen LogP contribution in [0, 0.1) is 12.8 Å². The molecular formula is C24H23N3O. The Morgan fingerprint density at radius 3 is 2.68 bits per heavy atom. The van der Waals surface area contributed by atoms with Gasteiger partial charge < -0.3 is 9.55 Å². The molecule has 5 rings (SSSR count). The SMILES string of the molecule is Cc1[nH]cnc1CC1CCc2c(c3ccccc3n2Cc2ccccc2)C1=O. The smallest absolute Gasteiger partial charge is 0.168 e. The Labute approximate surface area is 164 Å². The van der Waals surface area contributed by atoms with Crippen LogP contribution >= 0.6 is 0 Å². The standard InChI is InChI=1S/C24H23N3O/c1-16-20(26-15-25-16)13-18-11-12-22-23(24(18)28)19-9-5-6-10-21(19)27(22)14-17-7-3-2-4-8-17/h2-10,15,18H,11-14H2,1H3,(H,25,26). The second kappa shape index (κ2) is 6.79. The van der Waals surface area contributed by atoms with Crippen LogP contribution in [0.1, 0.15) is 39.4 Å². The number of carbonyl (C=O) groups excluding carboxylic acids is 1. The molecule has 0 radical (unpaired) electrons. The maximum atomic E-state index is 13.5. The van der Waals surface area contributed by atoms with E-state index >= 15 is 0 Å². The molecule has 0 spiro atoms. The molecular weight excluding hydrogens is 346 g/mol. The minimum atomic E-state index is 0.00508. The number of aryl methyl sites for hydroxylation is 1. The van der Waals surface area contributed by atoms with E-state index in [1.165, 1.54) is 11.3 Å². The van der Waals surface area contributed by atoms with Crippen LogP contribution in [-0.4, -0.2) is 20.3 Å². The Morgan fingerprint density at radius 1 is 1.11 bits per heavy atom. The monoisotopic (exact) mass is 369 g/mol. The van der Waals surface area contributed by atoms with Crippen molar-refractivity contribution < 1.29 is 4.79 Å². The molecule has 2 heterocycles. The van der Waals surface area contributed by atoms with Gasteiger partial charge in [0.15, 0.2) is 5.78 Å². The number of para-hydroxylation sites is 1. The van der Waals surface area contributed by atoms with Gasteiger partial charge in [-0.3, -0.25) is 4.79 Å². The predicted molar refractivity (Wildman–Crippen MR) is 111 cm³/mol. The fourth-order valence-electron chi connectivity index (χ4n) is 4.50. The molecule has 1 aliphatic rings. The molecule has 140 valence electrons. The summed E-state index contributed by atoms with van der Waals surface area (Å²) in [7, 11) is 0. The fraction of sp³-hybridized carbons (Fsp3) is 0.250.